The van der Waals surface area contributed by atoms with Crippen LogP contribution in [-0.2, 0) is 11.2 Å². The van der Waals surface area contributed by atoms with Crippen molar-refractivity contribution in [1.29, 1.82) is 0 Å². The van der Waals surface area contributed by atoms with Gasteiger partial charge in [-0.15, -0.1) is 0 Å². The lowest BCUT2D eigenvalue weighted by atomic mass is 10.1. The third kappa shape index (κ3) is 6.05. The van der Waals surface area contributed by atoms with Crippen LogP contribution < -0.4 is 5.32 Å². The maximum Gasteiger partial charge on any atom is 0.407 e. The molecule has 1 aromatic carbocycles. The minimum absolute atomic E-state index is 0.0299. The van der Waals surface area contributed by atoms with Crippen LogP contribution in [0.1, 0.15) is 26.3 Å². The summed E-state index contributed by atoms with van der Waals surface area (Å²) in [7, 11) is 0. The van der Waals surface area contributed by atoms with Gasteiger partial charge >= 0.3 is 6.09 Å². The topological polar surface area (TPSA) is 38.3 Å². The second-order valence-electron chi connectivity index (χ2n) is 5.19. The number of alkyl halides is 1. The van der Waals surface area contributed by atoms with Crippen molar-refractivity contribution in [2.45, 2.75) is 38.8 Å². The molecule has 0 heterocycles. The van der Waals surface area contributed by atoms with E-state index in [0.717, 1.165) is 6.42 Å². The number of ether oxygens (including phenoxy) is 1. The van der Waals surface area contributed by atoms with Gasteiger partial charge in [0, 0.05) is 11.4 Å². The molecule has 1 aromatic rings. The molecular weight excluding hydrogens is 294 g/mol. The Morgan fingerprint density at radius 1 is 1.33 bits per heavy atom. The summed E-state index contributed by atoms with van der Waals surface area (Å²) < 4.78 is 5.24. The Kier molecular flexibility index (Phi) is 5.66. The lowest BCUT2D eigenvalue weighted by Gasteiger charge is -2.22. The number of amides is 1. The summed E-state index contributed by atoms with van der Waals surface area (Å²) in [6.45, 7) is 5.56. The first-order valence-electron chi connectivity index (χ1n) is 6.00. The Balaban J connectivity index is 2.50. The molecule has 0 aliphatic carbocycles. The predicted molar refractivity (Wildman–Crippen MR) is 77.1 cm³/mol. The Morgan fingerprint density at radius 2 is 1.94 bits per heavy atom. The SMILES string of the molecule is CC(C)(C)OC(=O)NC(CBr)Cc1ccccc1. The van der Waals surface area contributed by atoms with Crippen LogP contribution in [-0.4, -0.2) is 23.1 Å². The van der Waals surface area contributed by atoms with Crippen LogP contribution in [0, 0.1) is 0 Å². The molecule has 1 rings (SSSR count). The summed E-state index contributed by atoms with van der Waals surface area (Å²) in [6, 6.07) is 10.1. The van der Waals surface area contributed by atoms with Gasteiger partial charge in [-0.1, -0.05) is 46.3 Å². The van der Waals surface area contributed by atoms with Crippen molar-refractivity contribution >= 4 is 22.0 Å². The van der Waals surface area contributed by atoms with E-state index in [-0.39, 0.29) is 12.1 Å². The molecule has 1 atom stereocenters. The number of hydrogen-bond donors (Lipinski definition) is 1. The van der Waals surface area contributed by atoms with Crippen molar-refractivity contribution in [3.05, 3.63) is 35.9 Å². The zero-order chi connectivity index (χ0) is 13.6. The molecule has 100 valence electrons. The minimum atomic E-state index is -0.465. The standard InChI is InChI=1S/C14H20BrNO2/c1-14(2,3)18-13(17)16-12(10-15)9-11-7-5-4-6-8-11/h4-8,12H,9-10H2,1-3H3,(H,16,17). The molecule has 0 aliphatic heterocycles. The molecular formula is C14H20BrNO2. The lowest BCUT2D eigenvalue weighted by molar-refractivity contribution is 0.0510. The van der Waals surface area contributed by atoms with E-state index in [9.17, 15) is 4.79 Å². The van der Waals surface area contributed by atoms with Crippen LogP contribution in [0.5, 0.6) is 0 Å². The monoisotopic (exact) mass is 313 g/mol. The van der Waals surface area contributed by atoms with Gasteiger partial charge < -0.3 is 10.1 Å². The van der Waals surface area contributed by atoms with E-state index in [2.05, 4.69) is 21.2 Å². The third-order valence-electron chi connectivity index (χ3n) is 2.23. The summed E-state index contributed by atoms with van der Waals surface area (Å²) in [5, 5.41) is 3.56. The predicted octanol–water partition coefficient (Wildman–Crippen LogP) is 3.52. The van der Waals surface area contributed by atoms with Crippen molar-refractivity contribution in [3.8, 4) is 0 Å². The molecule has 0 saturated carbocycles. The summed E-state index contributed by atoms with van der Waals surface area (Å²) in [5.41, 5.74) is 0.728. The van der Waals surface area contributed by atoms with Crippen molar-refractivity contribution < 1.29 is 9.53 Å². The van der Waals surface area contributed by atoms with Crippen molar-refractivity contribution in [3.63, 3.8) is 0 Å². The second kappa shape index (κ2) is 6.78. The first kappa shape index (κ1) is 15.0. The zero-order valence-electron chi connectivity index (χ0n) is 11.1. The number of rotatable bonds is 4. The number of carbonyl (C=O) groups is 1. The molecule has 0 saturated heterocycles. The zero-order valence-corrected chi connectivity index (χ0v) is 12.7. The molecule has 0 fully saturated rings. The van der Waals surface area contributed by atoms with E-state index in [1.807, 2.05) is 51.1 Å². The minimum Gasteiger partial charge on any atom is -0.444 e. The molecule has 0 radical (unpaired) electrons. The Bertz CT molecular complexity index is 373. The molecule has 1 unspecified atom stereocenters. The van der Waals surface area contributed by atoms with Gasteiger partial charge in [-0.05, 0) is 32.8 Å². The maximum absolute atomic E-state index is 11.7. The lowest BCUT2D eigenvalue weighted by Crippen LogP contribution is -2.41. The highest BCUT2D eigenvalue weighted by molar-refractivity contribution is 9.09. The number of halogens is 1. The molecule has 1 amide bonds. The Hall–Kier alpha value is -1.03. The molecule has 0 aromatic heterocycles. The fraction of sp³-hybridized carbons (Fsp3) is 0.500. The molecule has 1 N–H and O–H groups in total. The van der Waals surface area contributed by atoms with Gasteiger partial charge in [-0.3, -0.25) is 0 Å². The van der Waals surface area contributed by atoms with Crippen LogP contribution >= 0.6 is 15.9 Å². The van der Waals surface area contributed by atoms with Crippen LogP contribution in [0.2, 0.25) is 0 Å². The summed E-state index contributed by atoms with van der Waals surface area (Å²) in [5.74, 6) is 0. The normalized spacial score (nSPS) is 12.9. The highest BCUT2D eigenvalue weighted by Gasteiger charge is 2.19. The van der Waals surface area contributed by atoms with Crippen molar-refractivity contribution in [2.24, 2.45) is 0 Å². The molecule has 0 bridgehead atoms. The van der Waals surface area contributed by atoms with Crippen LogP contribution in [0.4, 0.5) is 4.79 Å². The Morgan fingerprint density at radius 3 is 2.44 bits per heavy atom. The molecule has 18 heavy (non-hydrogen) atoms. The summed E-state index contributed by atoms with van der Waals surface area (Å²) >= 11 is 3.41. The average Bonchev–Trinajstić information content (AvgIpc) is 2.27. The van der Waals surface area contributed by atoms with E-state index >= 15 is 0 Å². The van der Waals surface area contributed by atoms with E-state index in [0.29, 0.717) is 5.33 Å². The van der Waals surface area contributed by atoms with Crippen molar-refractivity contribution in [2.75, 3.05) is 5.33 Å². The largest absolute Gasteiger partial charge is 0.444 e. The summed E-state index contributed by atoms with van der Waals surface area (Å²) in [4.78, 5) is 11.7. The van der Waals surface area contributed by atoms with E-state index in [1.54, 1.807) is 0 Å². The number of benzene rings is 1. The van der Waals surface area contributed by atoms with Gasteiger partial charge in [0.05, 0.1) is 0 Å². The first-order chi connectivity index (χ1) is 8.40. The second-order valence-corrected chi connectivity index (χ2v) is 5.83. The third-order valence-corrected chi connectivity index (χ3v) is 3.01. The number of nitrogens with one attached hydrogen (secondary N) is 1. The van der Waals surface area contributed by atoms with Gasteiger partial charge in [0.15, 0.2) is 0 Å². The molecule has 4 heteroatoms. The molecule has 3 nitrogen and oxygen atoms in total. The quantitative estimate of drug-likeness (QED) is 0.864. The highest BCUT2D eigenvalue weighted by atomic mass is 79.9. The maximum atomic E-state index is 11.7. The summed E-state index contributed by atoms with van der Waals surface area (Å²) in [6.07, 6.45) is 0.411. The molecule has 0 spiro atoms. The van der Waals surface area contributed by atoms with E-state index in [4.69, 9.17) is 4.74 Å². The first-order valence-corrected chi connectivity index (χ1v) is 7.12. The average molecular weight is 314 g/mol. The molecule has 0 aliphatic rings. The van der Waals surface area contributed by atoms with Gasteiger partial charge in [0.1, 0.15) is 5.60 Å². The fourth-order valence-corrected chi connectivity index (χ4v) is 1.91. The van der Waals surface area contributed by atoms with E-state index < -0.39 is 5.60 Å². The number of carbonyl (C=O) groups excluding carboxylic acids is 1. The van der Waals surface area contributed by atoms with Gasteiger partial charge in [0.2, 0.25) is 0 Å². The number of alkyl carbamates (subject to hydrolysis) is 1. The smallest absolute Gasteiger partial charge is 0.407 e. The fourth-order valence-electron chi connectivity index (χ4n) is 1.52. The Labute approximate surface area is 117 Å². The van der Waals surface area contributed by atoms with Crippen LogP contribution in [0.25, 0.3) is 0 Å². The van der Waals surface area contributed by atoms with E-state index in [1.165, 1.54) is 5.56 Å². The van der Waals surface area contributed by atoms with Gasteiger partial charge in [-0.25, -0.2) is 4.79 Å². The van der Waals surface area contributed by atoms with Crippen molar-refractivity contribution in [1.82, 2.24) is 5.32 Å². The van der Waals surface area contributed by atoms with Crippen LogP contribution in [0.3, 0.4) is 0 Å². The highest BCUT2D eigenvalue weighted by Crippen LogP contribution is 2.09. The number of hydrogen-bond acceptors (Lipinski definition) is 2. The van der Waals surface area contributed by atoms with Crippen LogP contribution in [0.15, 0.2) is 30.3 Å². The van der Waals surface area contributed by atoms with Gasteiger partial charge in [-0.2, -0.15) is 0 Å². The van der Waals surface area contributed by atoms with Gasteiger partial charge in [0.25, 0.3) is 0 Å².